The molecule has 2 aromatic carbocycles. The molecule has 0 radical (unpaired) electrons. The molecule has 0 saturated carbocycles. The van der Waals surface area contributed by atoms with E-state index >= 15 is 0 Å². The van der Waals surface area contributed by atoms with Gasteiger partial charge in [-0.15, -0.1) is 0 Å². The molecule has 1 aliphatic heterocycles. The molecule has 0 unspecified atom stereocenters. The lowest BCUT2D eigenvalue weighted by atomic mass is 10.1. The van der Waals surface area contributed by atoms with E-state index in [9.17, 15) is 13.2 Å². The van der Waals surface area contributed by atoms with Crippen molar-refractivity contribution >= 4 is 53.5 Å². The first-order valence-electron chi connectivity index (χ1n) is 8.77. The second kappa shape index (κ2) is 7.55. The number of halogens is 1. The molecule has 1 amide bonds. The van der Waals surface area contributed by atoms with Crippen LogP contribution in [0, 0.1) is 6.92 Å². The molecular formula is C19H18BrN3O3S2. The molecule has 0 aliphatic carbocycles. The second-order valence-corrected chi connectivity index (χ2v) is 10.3. The van der Waals surface area contributed by atoms with E-state index in [1.807, 2.05) is 25.1 Å². The number of sulfonamides is 1. The van der Waals surface area contributed by atoms with Crippen LogP contribution < -0.4 is 0 Å². The number of amides is 1. The van der Waals surface area contributed by atoms with Gasteiger partial charge in [0.25, 0.3) is 5.91 Å². The summed E-state index contributed by atoms with van der Waals surface area (Å²) in [4.78, 5) is 14.9. The monoisotopic (exact) mass is 479 g/mol. The Morgan fingerprint density at radius 2 is 1.75 bits per heavy atom. The molecule has 1 saturated heterocycles. The summed E-state index contributed by atoms with van der Waals surface area (Å²) in [5, 5.41) is 0.861. The van der Waals surface area contributed by atoms with Crippen molar-refractivity contribution in [2.45, 2.75) is 11.8 Å². The Morgan fingerprint density at radius 1 is 1.07 bits per heavy atom. The number of aryl methyl sites for hydroxylation is 1. The molecule has 1 fully saturated rings. The maximum atomic E-state index is 12.9. The zero-order valence-corrected chi connectivity index (χ0v) is 18.3. The first-order valence-corrected chi connectivity index (χ1v) is 11.8. The zero-order chi connectivity index (χ0) is 19.9. The molecule has 0 atom stereocenters. The Kier molecular flexibility index (Phi) is 5.26. The van der Waals surface area contributed by atoms with Crippen molar-refractivity contribution < 1.29 is 13.2 Å². The predicted molar refractivity (Wildman–Crippen MR) is 113 cm³/mol. The number of nitrogens with zero attached hydrogens (tertiary/aromatic N) is 3. The summed E-state index contributed by atoms with van der Waals surface area (Å²) in [6, 6.07) is 12.5. The third-order valence-corrected chi connectivity index (χ3v) is 8.07. The molecule has 0 bridgehead atoms. The first kappa shape index (κ1) is 19.5. The molecule has 1 aromatic heterocycles. The summed E-state index contributed by atoms with van der Waals surface area (Å²) in [5.41, 5.74) is 1.53. The van der Waals surface area contributed by atoms with Gasteiger partial charge in [0.2, 0.25) is 10.0 Å². The van der Waals surface area contributed by atoms with Crippen molar-refractivity contribution in [3.8, 4) is 0 Å². The normalized spacial score (nSPS) is 15.9. The van der Waals surface area contributed by atoms with Crippen LogP contribution in [0.5, 0.6) is 0 Å². The van der Waals surface area contributed by atoms with Crippen molar-refractivity contribution in [2.75, 3.05) is 26.2 Å². The van der Waals surface area contributed by atoms with E-state index in [4.69, 9.17) is 0 Å². The first-order chi connectivity index (χ1) is 13.4. The Labute approximate surface area is 176 Å². The van der Waals surface area contributed by atoms with Crippen LogP contribution in [0.15, 0.2) is 51.8 Å². The van der Waals surface area contributed by atoms with Crippen LogP contribution in [0.1, 0.15) is 16.1 Å². The van der Waals surface area contributed by atoms with Crippen LogP contribution in [0.3, 0.4) is 0 Å². The minimum absolute atomic E-state index is 0.141. The van der Waals surface area contributed by atoms with Gasteiger partial charge in [-0.25, -0.2) is 8.42 Å². The Hall–Kier alpha value is -1.81. The predicted octanol–water partition coefficient (Wildman–Crippen LogP) is 3.51. The van der Waals surface area contributed by atoms with E-state index in [2.05, 4.69) is 20.3 Å². The van der Waals surface area contributed by atoms with Crippen molar-refractivity contribution in [1.29, 1.82) is 0 Å². The smallest absolute Gasteiger partial charge is 0.274 e. The van der Waals surface area contributed by atoms with Crippen LogP contribution in [0.4, 0.5) is 0 Å². The van der Waals surface area contributed by atoms with Crippen molar-refractivity contribution in [3.63, 3.8) is 0 Å². The fraction of sp³-hybridized carbons (Fsp3) is 0.263. The quantitative estimate of drug-likeness (QED) is 0.576. The number of rotatable bonds is 3. The molecule has 3 aromatic rings. The summed E-state index contributed by atoms with van der Waals surface area (Å²) in [6.07, 6.45) is 0. The van der Waals surface area contributed by atoms with Crippen molar-refractivity contribution in [3.05, 3.63) is 58.2 Å². The lowest BCUT2D eigenvalue weighted by molar-refractivity contribution is 0.0695. The topological polar surface area (TPSA) is 70.6 Å². The van der Waals surface area contributed by atoms with E-state index in [-0.39, 0.29) is 23.9 Å². The molecule has 4 rings (SSSR count). The van der Waals surface area contributed by atoms with Gasteiger partial charge in [-0.05, 0) is 54.9 Å². The molecule has 0 spiro atoms. The fourth-order valence-corrected chi connectivity index (χ4v) is 5.68. The summed E-state index contributed by atoms with van der Waals surface area (Å²) >= 11 is 4.63. The minimum atomic E-state index is -3.56. The number of aromatic nitrogens is 1. The summed E-state index contributed by atoms with van der Waals surface area (Å²) in [7, 11) is -3.56. The summed E-state index contributed by atoms with van der Waals surface area (Å²) in [5.74, 6) is -0.141. The van der Waals surface area contributed by atoms with Gasteiger partial charge in [-0.2, -0.15) is 8.68 Å². The largest absolute Gasteiger partial charge is 0.335 e. The number of hydrogen-bond acceptors (Lipinski definition) is 5. The van der Waals surface area contributed by atoms with Gasteiger partial charge in [0.05, 0.1) is 9.60 Å². The highest BCUT2D eigenvalue weighted by molar-refractivity contribution is 9.10. The van der Waals surface area contributed by atoms with Gasteiger partial charge >= 0.3 is 0 Å². The average molecular weight is 480 g/mol. The van der Waals surface area contributed by atoms with Gasteiger partial charge in [0.15, 0.2) is 0 Å². The second-order valence-electron chi connectivity index (χ2n) is 6.68. The minimum Gasteiger partial charge on any atom is -0.335 e. The molecule has 146 valence electrons. The highest BCUT2D eigenvalue weighted by atomic mass is 79.9. The maximum Gasteiger partial charge on any atom is 0.274 e. The fourth-order valence-electron chi connectivity index (χ4n) is 3.24. The SMILES string of the molecule is Cc1ccc2snc(C(=O)N3CCN(S(=O)(=O)c4ccc(Br)cc4)CC3)c2c1. The number of fused-ring (bicyclic) bond motifs is 1. The third kappa shape index (κ3) is 3.59. The summed E-state index contributed by atoms with van der Waals surface area (Å²) < 4.78 is 33.2. The lowest BCUT2D eigenvalue weighted by Crippen LogP contribution is -2.50. The summed E-state index contributed by atoms with van der Waals surface area (Å²) in [6.45, 7) is 3.21. The molecule has 9 heteroatoms. The van der Waals surface area contributed by atoms with E-state index in [0.29, 0.717) is 18.8 Å². The van der Waals surface area contributed by atoms with Gasteiger partial charge < -0.3 is 4.90 Å². The average Bonchev–Trinajstić information content (AvgIpc) is 3.11. The van der Waals surface area contributed by atoms with Crippen LogP contribution in [-0.2, 0) is 10.0 Å². The van der Waals surface area contributed by atoms with Gasteiger partial charge in [-0.3, -0.25) is 4.79 Å². The zero-order valence-electron chi connectivity index (χ0n) is 15.1. The molecule has 6 nitrogen and oxygen atoms in total. The van der Waals surface area contributed by atoms with Gasteiger partial charge in [-0.1, -0.05) is 27.6 Å². The number of benzene rings is 2. The van der Waals surface area contributed by atoms with Crippen LogP contribution in [0.25, 0.3) is 10.1 Å². The van der Waals surface area contributed by atoms with E-state index in [0.717, 1.165) is 20.1 Å². The molecular weight excluding hydrogens is 462 g/mol. The number of piperazine rings is 1. The van der Waals surface area contributed by atoms with Crippen LogP contribution in [0.2, 0.25) is 0 Å². The molecule has 0 N–H and O–H groups in total. The van der Waals surface area contributed by atoms with Crippen molar-refractivity contribution in [2.24, 2.45) is 0 Å². The number of carbonyl (C=O) groups is 1. The Morgan fingerprint density at radius 3 is 2.43 bits per heavy atom. The van der Waals surface area contributed by atoms with Gasteiger partial charge in [0, 0.05) is 36.0 Å². The van der Waals surface area contributed by atoms with E-state index < -0.39 is 10.0 Å². The van der Waals surface area contributed by atoms with Gasteiger partial charge in [0.1, 0.15) is 5.69 Å². The molecule has 2 heterocycles. The number of carbonyl (C=O) groups excluding carboxylic acids is 1. The van der Waals surface area contributed by atoms with Crippen molar-refractivity contribution in [1.82, 2.24) is 13.6 Å². The number of hydrogen-bond donors (Lipinski definition) is 0. The highest BCUT2D eigenvalue weighted by Gasteiger charge is 2.31. The lowest BCUT2D eigenvalue weighted by Gasteiger charge is -2.33. The third-order valence-electron chi connectivity index (χ3n) is 4.81. The van der Waals surface area contributed by atoms with Crippen LogP contribution in [-0.4, -0.2) is 54.1 Å². The van der Waals surface area contributed by atoms with Crippen LogP contribution >= 0.6 is 27.5 Å². The Bertz CT molecular complexity index is 1130. The van der Waals surface area contributed by atoms with E-state index in [1.54, 1.807) is 29.2 Å². The Balaban J connectivity index is 1.50. The molecule has 1 aliphatic rings. The highest BCUT2D eigenvalue weighted by Crippen LogP contribution is 2.26. The van der Waals surface area contributed by atoms with E-state index in [1.165, 1.54) is 15.8 Å². The maximum absolute atomic E-state index is 12.9. The molecule has 28 heavy (non-hydrogen) atoms. The standard InChI is InChI=1S/C19H18BrN3O3S2/c1-13-2-7-17-16(12-13)18(21-27-17)19(24)22-8-10-23(11-9-22)28(25,26)15-5-3-14(20)4-6-15/h2-7,12H,8-11H2,1H3.